The van der Waals surface area contributed by atoms with Crippen LogP contribution < -0.4 is 5.32 Å². The lowest BCUT2D eigenvalue weighted by Crippen LogP contribution is -2.40. The predicted octanol–water partition coefficient (Wildman–Crippen LogP) is 2.38. The van der Waals surface area contributed by atoms with Gasteiger partial charge in [0.1, 0.15) is 0 Å². The van der Waals surface area contributed by atoms with Crippen LogP contribution in [0.25, 0.3) is 0 Å². The monoisotopic (exact) mass is 360 g/mol. The average Bonchev–Trinajstić information content (AvgIpc) is 2.42. The van der Waals surface area contributed by atoms with E-state index in [9.17, 15) is 8.42 Å². The number of nitrogens with one attached hydrogen (secondary N) is 1. The van der Waals surface area contributed by atoms with E-state index in [1.165, 1.54) is 0 Å². The minimum atomic E-state index is -3.39. The van der Waals surface area contributed by atoms with Crippen LogP contribution in [0.15, 0.2) is 27.6 Å². The zero-order chi connectivity index (χ0) is 14.8. The largest absolute Gasteiger partial charge is 0.319 e. The number of hydrogen-bond donors (Lipinski definition) is 1. The van der Waals surface area contributed by atoms with Gasteiger partial charge in [0, 0.05) is 17.6 Å². The van der Waals surface area contributed by atoms with Gasteiger partial charge in [-0.05, 0) is 66.8 Å². The van der Waals surface area contributed by atoms with Crippen molar-refractivity contribution in [1.82, 2.24) is 9.62 Å². The maximum absolute atomic E-state index is 12.7. The lowest BCUT2D eigenvalue weighted by atomic mass is 9.98. The Morgan fingerprint density at radius 1 is 1.35 bits per heavy atom. The normalized spacial score (nSPS) is 18.4. The van der Waals surface area contributed by atoms with Crippen LogP contribution in [0.1, 0.15) is 18.4 Å². The second-order valence-electron chi connectivity index (χ2n) is 5.29. The van der Waals surface area contributed by atoms with E-state index in [1.807, 2.05) is 20.0 Å². The van der Waals surface area contributed by atoms with Crippen LogP contribution in [0.4, 0.5) is 0 Å². The first kappa shape index (κ1) is 15.9. The molecule has 1 aliphatic heterocycles. The van der Waals surface area contributed by atoms with E-state index in [-0.39, 0.29) is 0 Å². The van der Waals surface area contributed by atoms with Crippen molar-refractivity contribution >= 4 is 26.0 Å². The Morgan fingerprint density at radius 3 is 2.60 bits per heavy atom. The minimum absolute atomic E-state index is 0.379. The van der Waals surface area contributed by atoms with Gasteiger partial charge in [-0.25, -0.2) is 8.42 Å². The molecule has 1 saturated heterocycles. The van der Waals surface area contributed by atoms with Crippen molar-refractivity contribution in [3.8, 4) is 0 Å². The molecular formula is C14H21BrN2O2S. The molecule has 20 heavy (non-hydrogen) atoms. The number of halogens is 1. The van der Waals surface area contributed by atoms with Crippen LogP contribution in [0, 0.1) is 12.8 Å². The average molecular weight is 361 g/mol. The molecular weight excluding hydrogens is 340 g/mol. The summed E-state index contributed by atoms with van der Waals surface area (Å²) in [6.07, 6.45) is 1.84. The zero-order valence-corrected chi connectivity index (χ0v) is 14.3. The van der Waals surface area contributed by atoms with Gasteiger partial charge in [-0.3, -0.25) is 0 Å². The fourth-order valence-electron chi connectivity index (χ4n) is 2.60. The summed E-state index contributed by atoms with van der Waals surface area (Å²) in [4.78, 5) is 0.379. The van der Waals surface area contributed by atoms with Gasteiger partial charge in [0.2, 0.25) is 10.0 Å². The second kappa shape index (κ2) is 6.56. The van der Waals surface area contributed by atoms with E-state index in [0.29, 0.717) is 28.4 Å². The number of hydrogen-bond acceptors (Lipinski definition) is 3. The molecule has 2 rings (SSSR count). The van der Waals surface area contributed by atoms with Crippen LogP contribution >= 0.6 is 15.9 Å². The Morgan fingerprint density at radius 2 is 2.00 bits per heavy atom. The van der Waals surface area contributed by atoms with Gasteiger partial charge in [0.05, 0.1) is 4.90 Å². The maximum Gasteiger partial charge on any atom is 0.244 e. The van der Waals surface area contributed by atoms with Gasteiger partial charge in [-0.2, -0.15) is 4.31 Å². The molecule has 6 heteroatoms. The molecule has 0 spiro atoms. The van der Waals surface area contributed by atoms with Crippen molar-refractivity contribution in [2.24, 2.45) is 5.92 Å². The number of benzene rings is 1. The Balaban J connectivity index is 2.18. The summed E-state index contributed by atoms with van der Waals surface area (Å²) in [6, 6.07) is 5.37. The highest BCUT2D eigenvalue weighted by atomic mass is 79.9. The molecule has 0 unspecified atom stereocenters. The van der Waals surface area contributed by atoms with Crippen molar-refractivity contribution < 1.29 is 8.42 Å². The molecule has 0 saturated carbocycles. The molecule has 1 aromatic rings. The number of nitrogens with zero attached hydrogens (tertiary/aromatic N) is 1. The van der Waals surface area contributed by atoms with Crippen LogP contribution in [0.2, 0.25) is 0 Å². The molecule has 0 atom stereocenters. The van der Waals surface area contributed by atoms with Gasteiger partial charge in [0.15, 0.2) is 0 Å². The lowest BCUT2D eigenvalue weighted by Gasteiger charge is -2.31. The molecule has 1 aliphatic rings. The lowest BCUT2D eigenvalue weighted by molar-refractivity contribution is 0.270. The van der Waals surface area contributed by atoms with E-state index >= 15 is 0 Å². The van der Waals surface area contributed by atoms with Crippen LogP contribution in [-0.2, 0) is 10.0 Å². The Hall–Kier alpha value is -0.430. The maximum atomic E-state index is 12.7. The predicted molar refractivity (Wildman–Crippen MR) is 84.3 cm³/mol. The summed E-state index contributed by atoms with van der Waals surface area (Å²) >= 11 is 3.40. The highest BCUT2D eigenvalue weighted by Gasteiger charge is 2.30. The van der Waals surface area contributed by atoms with Gasteiger partial charge in [-0.1, -0.05) is 12.1 Å². The summed E-state index contributed by atoms with van der Waals surface area (Å²) in [5.41, 5.74) is 0.941. The molecule has 1 fully saturated rings. The van der Waals surface area contributed by atoms with E-state index < -0.39 is 10.0 Å². The summed E-state index contributed by atoms with van der Waals surface area (Å²) < 4.78 is 27.7. The van der Waals surface area contributed by atoms with Crippen LogP contribution in [0.3, 0.4) is 0 Å². The molecule has 112 valence electrons. The standard InChI is InChI=1S/C14H21BrN2O2S/c1-11-4-3-5-13(14(11)15)20(18,19)17-8-6-12(7-9-17)10-16-2/h3-5,12,16H,6-10H2,1-2H3. The van der Waals surface area contributed by atoms with Crippen molar-refractivity contribution in [3.63, 3.8) is 0 Å². The van der Waals surface area contributed by atoms with Gasteiger partial charge in [0.25, 0.3) is 0 Å². The summed E-state index contributed by atoms with van der Waals surface area (Å²) in [6.45, 7) is 4.08. The molecule has 1 heterocycles. The molecule has 1 N–H and O–H groups in total. The topological polar surface area (TPSA) is 49.4 Å². The van der Waals surface area contributed by atoms with Gasteiger partial charge in [-0.15, -0.1) is 0 Å². The minimum Gasteiger partial charge on any atom is -0.319 e. The third kappa shape index (κ3) is 3.24. The number of piperidine rings is 1. The van der Waals surface area contributed by atoms with Crippen molar-refractivity contribution in [3.05, 3.63) is 28.2 Å². The Kier molecular flexibility index (Phi) is 5.23. The van der Waals surface area contributed by atoms with Crippen molar-refractivity contribution in [1.29, 1.82) is 0 Å². The first-order chi connectivity index (χ1) is 9.46. The summed E-state index contributed by atoms with van der Waals surface area (Å²) in [5.74, 6) is 0.576. The third-order valence-electron chi connectivity index (χ3n) is 3.84. The van der Waals surface area contributed by atoms with Gasteiger partial charge < -0.3 is 5.32 Å². The highest BCUT2D eigenvalue weighted by Crippen LogP contribution is 2.30. The van der Waals surface area contributed by atoms with Crippen LogP contribution in [-0.4, -0.2) is 39.4 Å². The van der Waals surface area contributed by atoms with E-state index in [0.717, 1.165) is 24.9 Å². The Labute approximate surface area is 129 Å². The highest BCUT2D eigenvalue weighted by molar-refractivity contribution is 9.10. The number of rotatable bonds is 4. The summed E-state index contributed by atoms with van der Waals surface area (Å²) in [5, 5.41) is 3.16. The van der Waals surface area contributed by atoms with Crippen molar-refractivity contribution in [2.45, 2.75) is 24.7 Å². The molecule has 0 bridgehead atoms. The number of aryl methyl sites for hydroxylation is 1. The zero-order valence-electron chi connectivity index (χ0n) is 11.9. The molecule has 0 radical (unpaired) electrons. The van der Waals surface area contributed by atoms with Gasteiger partial charge >= 0.3 is 0 Å². The SMILES string of the molecule is CNCC1CCN(S(=O)(=O)c2cccc(C)c2Br)CC1. The van der Waals surface area contributed by atoms with E-state index in [4.69, 9.17) is 0 Å². The fourth-order valence-corrected chi connectivity index (χ4v) is 5.09. The second-order valence-corrected chi connectivity index (χ2v) is 7.99. The van der Waals surface area contributed by atoms with Crippen molar-refractivity contribution in [2.75, 3.05) is 26.7 Å². The van der Waals surface area contributed by atoms with E-state index in [1.54, 1.807) is 16.4 Å². The smallest absolute Gasteiger partial charge is 0.244 e. The quantitative estimate of drug-likeness (QED) is 0.896. The fraction of sp³-hybridized carbons (Fsp3) is 0.571. The van der Waals surface area contributed by atoms with E-state index in [2.05, 4.69) is 21.2 Å². The Bertz CT molecular complexity index is 567. The molecule has 0 aromatic heterocycles. The molecule has 4 nitrogen and oxygen atoms in total. The number of sulfonamides is 1. The molecule has 0 aliphatic carbocycles. The first-order valence-corrected chi connectivity index (χ1v) is 9.10. The molecule has 0 amide bonds. The third-order valence-corrected chi connectivity index (χ3v) is 7.10. The first-order valence-electron chi connectivity index (χ1n) is 6.86. The van der Waals surface area contributed by atoms with Crippen LogP contribution in [0.5, 0.6) is 0 Å². The summed E-state index contributed by atoms with van der Waals surface area (Å²) in [7, 11) is -1.45. The molecule has 1 aromatic carbocycles.